The molecule has 9 rings (SSSR count). The first-order valence-corrected chi connectivity index (χ1v) is 26.9. The smallest absolute Gasteiger partial charge is 0.508 e. The van der Waals surface area contributed by atoms with Crippen molar-refractivity contribution in [2.24, 2.45) is 69.5 Å². The minimum absolute atomic E-state index is 0.0174. The van der Waals surface area contributed by atoms with E-state index in [1.807, 2.05) is 6.08 Å². The van der Waals surface area contributed by atoms with Gasteiger partial charge in [0.25, 0.3) is 0 Å². The number of ketones is 1. The molecule has 11 nitrogen and oxygen atoms in total. The summed E-state index contributed by atoms with van der Waals surface area (Å²) >= 11 is 0. The monoisotopic (exact) mass is 951 g/mol. The number of terminal acetylenes is 1. The van der Waals surface area contributed by atoms with Crippen LogP contribution in [0.15, 0.2) is 47.1 Å². The van der Waals surface area contributed by atoms with Gasteiger partial charge >= 0.3 is 6.16 Å². The largest absolute Gasteiger partial charge is 0.550 e. The van der Waals surface area contributed by atoms with Crippen molar-refractivity contribution in [2.45, 2.75) is 167 Å². The van der Waals surface area contributed by atoms with Crippen molar-refractivity contribution in [1.82, 2.24) is 0 Å². The first kappa shape index (κ1) is 50.3. The fourth-order valence-corrected chi connectivity index (χ4v) is 17.6. The molecular formula is C58H82N2O9. The summed E-state index contributed by atoms with van der Waals surface area (Å²) in [5, 5.41) is 36.1. The summed E-state index contributed by atoms with van der Waals surface area (Å²) in [7, 11) is 2.12. The summed E-state index contributed by atoms with van der Waals surface area (Å²) in [6, 6.07) is 9.04. The van der Waals surface area contributed by atoms with Gasteiger partial charge in [-0.2, -0.15) is 0 Å². The molecule has 17 atom stereocenters. The van der Waals surface area contributed by atoms with Gasteiger partial charge in [0.1, 0.15) is 19.3 Å². The third kappa shape index (κ3) is 8.61. The van der Waals surface area contributed by atoms with Crippen LogP contribution in [0.2, 0.25) is 0 Å². The number of benzene rings is 1. The first-order valence-electron chi connectivity index (χ1n) is 26.9. The van der Waals surface area contributed by atoms with Crippen molar-refractivity contribution in [3.8, 4) is 12.3 Å². The summed E-state index contributed by atoms with van der Waals surface area (Å²) in [6.07, 6.45) is 18.5. The number of hydrogen-bond acceptors (Lipinski definition) is 10. The number of aliphatic hydroxyl groups is 2. The van der Waals surface area contributed by atoms with Gasteiger partial charge in [-0.3, -0.25) is 4.79 Å². The van der Waals surface area contributed by atoms with E-state index in [9.17, 15) is 29.7 Å². The molecule has 6 fully saturated rings. The predicted molar refractivity (Wildman–Crippen MR) is 262 cm³/mol. The van der Waals surface area contributed by atoms with Crippen LogP contribution in [0.4, 0.5) is 10.5 Å². The van der Waals surface area contributed by atoms with Crippen LogP contribution in [-0.4, -0.2) is 85.4 Å². The quantitative estimate of drug-likeness (QED) is 0.125. The van der Waals surface area contributed by atoms with Gasteiger partial charge in [-0.1, -0.05) is 52.3 Å². The van der Waals surface area contributed by atoms with Crippen molar-refractivity contribution in [3.63, 3.8) is 0 Å². The van der Waals surface area contributed by atoms with Crippen LogP contribution in [0.3, 0.4) is 0 Å². The minimum atomic E-state index is -1.03. The van der Waals surface area contributed by atoms with Gasteiger partial charge in [0.2, 0.25) is 0 Å². The Morgan fingerprint density at radius 3 is 2.49 bits per heavy atom. The Morgan fingerprint density at radius 1 is 1.00 bits per heavy atom. The molecule has 2 unspecified atom stereocenters. The average molecular weight is 951 g/mol. The van der Waals surface area contributed by atoms with Crippen LogP contribution in [-0.2, 0) is 23.8 Å². The standard InChI is InChI=1S/C58H82N2O9/c1-8-22-58(66)35(3)28-47-43-16-12-37-29-40(61)15-17-42(37)52(43)44(33-56(47,58)5)36-10-13-39(14-11-36)60(7)25-27-67-41-21-23-55(4)38(30-41)31-49(69-54(65)68-26-24-59)53-46-19-18-45(34(2)9-20-51(63)64)57(46,6)50(62)32-48(53)55/h1,10-11,13-14,29,34-35,38,41,43-50,53,62,66H,9,12,15-28,30-33,59H2,2-7H3,(H,63,64)/t34-,35-,38+,41+,43?,44-,45-,46+,47?,48+,49-,50+,53+,55+,56+,57-,58+/m1/s1. The maximum atomic E-state index is 13.2. The molecule has 1 aromatic carbocycles. The van der Waals surface area contributed by atoms with Crippen molar-refractivity contribution >= 4 is 23.6 Å². The highest BCUT2D eigenvalue weighted by Crippen LogP contribution is 2.70. The number of hydrogen-bond donors (Lipinski definition) is 3. The average Bonchev–Trinajstić information content (AvgIpc) is 3.78. The zero-order valence-electron chi connectivity index (χ0n) is 42.5. The minimum Gasteiger partial charge on any atom is -0.550 e. The molecule has 6 saturated carbocycles. The highest BCUT2D eigenvalue weighted by molar-refractivity contribution is 5.93. The molecular weight excluding hydrogens is 869 g/mol. The zero-order chi connectivity index (χ0) is 49.2. The second-order valence-electron chi connectivity index (χ2n) is 24.2. The third-order valence-electron chi connectivity index (χ3n) is 21.3. The Hall–Kier alpha value is -3.69. The van der Waals surface area contributed by atoms with Crippen LogP contribution < -0.4 is 15.7 Å². The molecule has 8 aliphatic carbocycles. The van der Waals surface area contributed by atoms with Crippen LogP contribution in [0.5, 0.6) is 0 Å². The van der Waals surface area contributed by atoms with E-state index in [0.717, 1.165) is 82.9 Å². The molecule has 0 amide bonds. The van der Waals surface area contributed by atoms with Gasteiger partial charge in [0, 0.05) is 55.3 Å². The van der Waals surface area contributed by atoms with Gasteiger partial charge in [-0.15, -0.1) is 12.3 Å². The highest BCUT2D eigenvalue weighted by Gasteiger charge is 2.68. The van der Waals surface area contributed by atoms with Crippen molar-refractivity contribution in [1.29, 1.82) is 0 Å². The van der Waals surface area contributed by atoms with Crippen LogP contribution >= 0.6 is 0 Å². The van der Waals surface area contributed by atoms with Gasteiger partial charge in [-0.25, -0.2) is 4.79 Å². The van der Waals surface area contributed by atoms with E-state index < -0.39 is 29.2 Å². The molecule has 0 heterocycles. The number of aliphatic carboxylic acids is 1. The van der Waals surface area contributed by atoms with Crippen LogP contribution in [0.25, 0.3) is 0 Å². The topological polar surface area (TPSA) is 173 Å². The number of carboxylic acids is 1. The summed E-state index contributed by atoms with van der Waals surface area (Å²) < 4.78 is 18.5. The number of likely N-dealkylation sites (N-methyl/N-ethyl adjacent to an activating group) is 1. The van der Waals surface area contributed by atoms with E-state index >= 15 is 0 Å². The molecule has 8 aliphatic rings. The van der Waals surface area contributed by atoms with Gasteiger partial charge in [0.15, 0.2) is 5.78 Å². The van der Waals surface area contributed by atoms with Crippen LogP contribution in [0, 0.1) is 81.8 Å². The second kappa shape index (κ2) is 19.4. The fraction of sp³-hybridized carbons (Fsp3) is 0.741. The number of rotatable bonds is 14. The third-order valence-corrected chi connectivity index (χ3v) is 21.3. The Kier molecular flexibility index (Phi) is 14.1. The number of carboxylic acid groups (broad SMARTS) is 1. The Bertz CT molecular complexity index is 2220. The number of ether oxygens (including phenoxy) is 3. The van der Waals surface area contributed by atoms with E-state index in [1.165, 1.54) is 22.3 Å². The summed E-state index contributed by atoms with van der Waals surface area (Å²) in [6.45, 7) is 13.2. The van der Waals surface area contributed by atoms with Crippen molar-refractivity contribution in [3.05, 3.63) is 52.6 Å². The lowest BCUT2D eigenvalue weighted by atomic mass is 9.43. The van der Waals surface area contributed by atoms with E-state index in [0.29, 0.717) is 50.7 Å². The number of anilines is 1. The highest BCUT2D eigenvalue weighted by atomic mass is 16.7. The lowest BCUT2D eigenvalue weighted by Gasteiger charge is -2.64. The lowest BCUT2D eigenvalue weighted by molar-refractivity contribution is -0.372. The number of nitrogens with zero attached hydrogens (tertiary/aromatic N) is 1. The fourth-order valence-electron chi connectivity index (χ4n) is 17.6. The molecule has 11 heteroatoms. The predicted octanol–water partition coefficient (Wildman–Crippen LogP) is 7.58. The molecule has 0 saturated heterocycles. The summed E-state index contributed by atoms with van der Waals surface area (Å²) in [5.41, 5.74) is 8.68. The van der Waals surface area contributed by atoms with E-state index in [2.05, 4.69) is 82.5 Å². The zero-order valence-corrected chi connectivity index (χ0v) is 42.5. The molecule has 0 aliphatic heterocycles. The van der Waals surface area contributed by atoms with E-state index in [-0.39, 0.29) is 89.2 Å². The molecule has 378 valence electrons. The molecule has 0 radical (unpaired) electrons. The first-order chi connectivity index (χ1) is 32.9. The van der Waals surface area contributed by atoms with Gasteiger partial charge in [0.05, 0.1) is 24.4 Å². The summed E-state index contributed by atoms with van der Waals surface area (Å²) in [5.74, 6) is 3.99. The normalized spacial score (nSPS) is 41.5. The maximum absolute atomic E-state index is 13.2. The van der Waals surface area contributed by atoms with E-state index in [1.54, 1.807) is 0 Å². The number of aliphatic hydroxyl groups excluding tert-OH is 1. The number of quaternary nitrogens is 1. The van der Waals surface area contributed by atoms with Gasteiger partial charge < -0.3 is 45.0 Å². The summed E-state index contributed by atoms with van der Waals surface area (Å²) in [4.78, 5) is 39.5. The molecule has 69 heavy (non-hydrogen) atoms. The molecule has 0 bridgehead atoms. The number of carbonyl (C=O) groups excluding carboxylic acids is 3. The number of carbonyl (C=O) groups is 3. The van der Waals surface area contributed by atoms with E-state index in [4.69, 9.17) is 20.6 Å². The van der Waals surface area contributed by atoms with Crippen molar-refractivity contribution in [2.75, 3.05) is 38.3 Å². The molecule has 1 aromatic rings. The molecule has 0 aromatic heterocycles. The van der Waals surface area contributed by atoms with Crippen LogP contribution in [0.1, 0.15) is 149 Å². The molecule has 5 N–H and O–H groups in total. The number of fused-ring (bicyclic) bond motifs is 9. The number of allylic oxidation sites excluding steroid dienone is 4. The SMILES string of the molecule is C#CC[C@]1(O)[C@H](C)CC2C3CCC4=CC(=O)CCC4=C3[C@@H](c3ccc(N(C)CCO[C@H]4CC[C@@]5(C)[C@@H](C4)C[C@@H](OC(=O)OCC[NH3+])[C@@H]4[C@@H]5C[C@H](O)[C@]5(C)[C@@H]([C@H](C)CCC(=O)[O-])CC[C@@H]45)cc3)C[C@@]21C. The van der Waals surface area contributed by atoms with Gasteiger partial charge in [-0.05, 0) is 183 Å². The Labute approximate surface area is 411 Å². The lowest BCUT2D eigenvalue weighted by Crippen LogP contribution is -2.63. The second-order valence-corrected chi connectivity index (χ2v) is 24.2. The molecule has 0 spiro atoms. The maximum Gasteiger partial charge on any atom is 0.508 e. The Balaban J connectivity index is 0.876. The van der Waals surface area contributed by atoms with Crippen molar-refractivity contribution < 1.29 is 49.6 Å². The Morgan fingerprint density at radius 2 is 1.77 bits per heavy atom.